The molecule has 1 aromatic rings. The van der Waals surface area contributed by atoms with E-state index in [4.69, 9.17) is 16.3 Å². The lowest BCUT2D eigenvalue weighted by Crippen LogP contribution is -2.15. The van der Waals surface area contributed by atoms with Gasteiger partial charge < -0.3 is 9.64 Å². The lowest BCUT2D eigenvalue weighted by atomic mass is 10.4. The highest BCUT2D eigenvalue weighted by Crippen LogP contribution is 2.17. The van der Waals surface area contributed by atoms with Crippen LogP contribution >= 0.6 is 11.6 Å². The molecule has 3 nitrogen and oxygen atoms in total. The summed E-state index contributed by atoms with van der Waals surface area (Å²) >= 11 is 5.56. The number of hydrogen-bond donors (Lipinski definition) is 0. The van der Waals surface area contributed by atoms with Crippen molar-refractivity contribution >= 4 is 11.6 Å². The van der Waals surface area contributed by atoms with Crippen LogP contribution in [0.15, 0.2) is 12.3 Å². The lowest BCUT2D eigenvalue weighted by Gasteiger charge is -2.10. The molecule has 0 saturated carbocycles. The van der Waals surface area contributed by atoms with Crippen LogP contribution in [0.1, 0.15) is 6.42 Å². The second kappa shape index (κ2) is 5.88. The summed E-state index contributed by atoms with van der Waals surface area (Å²) in [5.74, 6) is -0.509. The van der Waals surface area contributed by atoms with E-state index in [1.807, 2.05) is 19.0 Å². The van der Waals surface area contributed by atoms with Gasteiger partial charge in [-0.3, -0.25) is 0 Å². The van der Waals surface area contributed by atoms with Gasteiger partial charge in [-0.15, -0.1) is 0 Å². The molecule has 0 atom stereocenters. The lowest BCUT2D eigenvalue weighted by molar-refractivity contribution is 0.261. The van der Waals surface area contributed by atoms with Crippen molar-refractivity contribution in [1.82, 2.24) is 9.88 Å². The zero-order chi connectivity index (χ0) is 11.3. The van der Waals surface area contributed by atoms with Crippen molar-refractivity contribution in [2.45, 2.75) is 6.42 Å². The third-order valence-corrected chi connectivity index (χ3v) is 1.97. The Kier molecular flexibility index (Phi) is 4.78. The van der Waals surface area contributed by atoms with Gasteiger partial charge in [0, 0.05) is 12.7 Å². The van der Waals surface area contributed by atoms with Crippen molar-refractivity contribution in [2.24, 2.45) is 0 Å². The summed E-state index contributed by atoms with van der Waals surface area (Å²) in [6.45, 7) is 1.35. The highest BCUT2D eigenvalue weighted by molar-refractivity contribution is 6.30. The summed E-state index contributed by atoms with van der Waals surface area (Å²) in [5.41, 5.74) is 0. The van der Waals surface area contributed by atoms with Gasteiger partial charge in [0.15, 0.2) is 5.82 Å². The molecule has 84 valence electrons. The molecular formula is C10H14ClFN2O. The zero-order valence-electron chi connectivity index (χ0n) is 8.83. The Hall–Kier alpha value is -0.870. The van der Waals surface area contributed by atoms with Crippen molar-refractivity contribution in [2.75, 3.05) is 27.2 Å². The molecule has 0 aliphatic heterocycles. The van der Waals surface area contributed by atoms with Gasteiger partial charge >= 0.3 is 0 Å². The van der Waals surface area contributed by atoms with E-state index in [1.165, 1.54) is 12.3 Å². The third kappa shape index (κ3) is 4.44. The smallest absolute Gasteiger partial charge is 0.250 e. The summed E-state index contributed by atoms with van der Waals surface area (Å²) in [6, 6.07) is 1.19. The zero-order valence-corrected chi connectivity index (χ0v) is 9.59. The van der Waals surface area contributed by atoms with Gasteiger partial charge in [-0.25, -0.2) is 9.37 Å². The van der Waals surface area contributed by atoms with E-state index in [1.54, 1.807) is 0 Å². The molecule has 0 unspecified atom stereocenters. The van der Waals surface area contributed by atoms with Crippen molar-refractivity contribution in [3.05, 3.63) is 23.1 Å². The standard InChI is InChI=1S/C10H14ClFN2O/c1-14(2)4-3-5-15-10-9(12)6-8(11)7-13-10/h6-7H,3-5H2,1-2H3. The second-order valence-corrected chi connectivity index (χ2v) is 3.88. The first kappa shape index (κ1) is 12.2. The van der Waals surface area contributed by atoms with E-state index in [2.05, 4.69) is 4.98 Å². The predicted molar refractivity (Wildman–Crippen MR) is 57.9 cm³/mol. The fourth-order valence-electron chi connectivity index (χ4n) is 1.06. The minimum Gasteiger partial charge on any atom is -0.476 e. The van der Waals surface area contributed by atoms with Crippen LogP contribution in [0.2, 0.25) is 5.02 Å². The normalized spacial score (nSPS) is 10.7. The number of halogens is 2. The molecule has 1 aromatic heterocycles. The molecule has 0 amide bonds. The Morgan fingerprint density at radius 3 is 2.87 bits per heavy atom. The SMILES string of the molecule is CN(C)CCCOc1ncc(Cl)cc1F. The molecule has 0 aromatic carbocycles. The van der Waals surface area contributed by atoms with Crippen LogP contribution in [0.5, 0.6) is 5.88 Å². The molecule has 0 fully saturated rings. The Morgan fingerprint density at radius 2 is 2.27 bits per heavy atom. The number of pyridine rings is 1. The van der Waals surface area contributed by atoms with Gasteiger partial charge in [-0.05, 0) is 26.6 Å². The number of aromatic nitrogens is 1. The van der Waals surface area contributed by atoms with E-state index in [0.29, 0.717) is 6.61 Å². The Balaban J connectivity index is 2.37. The molecule has 0 aliphatic carbocycles. The Bertz CT molecular complexity index is 320. The first-order valence-electron chi connectivity index (χ1n) is 4.68. The Morgan fingerprint density at radius 1 is 1.53 bits per heavy atom. The summed E-state index contributed by atoms with van der Waals surface area (Å²) in [6.07, 6.45) is 2.20. The molecule has 0 saturated heterocycles. The fraction of sp³-hybridized carbons (Fsp3) is 0.500. The molecule has 0 aliphatic rings. The number of hydrogen-bond acceptors (Lipinski definition) is 3. The van der Waals surface area contributed by atoms with Crippen LogP contribution in [-0.4, -0.2) is 37.1 Å². The van der Waals surface area contributed by atoms with Crippen LogP contribution in [-0.2, 0) is 0 Å². The van der Waals surface area contributed by atoms with E-state index in [-0.39, 0.29) is 10.9 Å². The topological polar surface area (TPSA) is 25.4 Å². The van der Waals surface area contributed by atoms with Gasteiger partial charge in [0.25, 0.3) is 0 Å². The fourth-order valence-corrected chi connectivity index (χ4v) is 1.20. The molecule has 1 heterocycles. The maximum atomic E-state index is 13.2. The van der Waals surface area contributed by atoms with E-state index < -0.39 is 5.82 Å². The molecule has 1 rings (SSSR count). The summed E-state index contributed by atoms with van der Waals surface area (Å²) in [4.78, 5) is 5.79. The molecule has 0 spiro atoms. The van der Waals surface area contributed by atoms with Crippen molar-refractivity contribution in [1.29, 1.82) is 0 Å². The average molecular weight is 233 g/mol. The van der Waals surface area contributed by atoms with Gasteiger partial charge in [0.1, 0.15) is 0 Å². The van der Waals surface area contributed by atoms with Crippen LogP contribution in [0, 0.1) is 5.82 Å². The highest BCUT2D eigenvalue weighted by Gasteiger charge is 2.05. The van der Waals surface area contributed by atoms with Crippen LogP contribution in [0.4, 0.5) is 4.39 Å². The quantitative estimate of drug-likeness (QED) is 0.728. The maximum Gasteiger partial charge on any atom is 0.250 e. The highest BCUT2D eigenvalue weighted by atomic mass is 35.5. The van der Waals surface area contributed by atoms with E-state index in [0.717, 1.165) is 13.0 Å². The first-order valence-corrected chi connectivity index (χ1v) is 5.06. The van der Waals surface area contributed by atoms with E-state index >= 15 is 0 Å². The first-order chi connectivity index (χ1) is 7.09. The van der Waals surface area contributed by atoms with Gasteiger partial charge in [0.05, 0.1) is 11.6 Å². The summed E-state index contributed by atoms with van der Waals surface area (Å²) in [5, 5.41) is 0.271. The Labute approximate surface area is 93.8 Å². The molecule has 15 heavy (non-hydrogen) atoms. The van der Waals surface area contributed by atoms with Crippen molar-refractivity contribution in [3.8, 4) is 5.88 Å². The monoisotopic (exact) mass is 232 g/mol. The maximum absolute atomic E-state index is 13.2. The van der Waals surface area contributed by atoms with Crippen LogP contribution in [0.3, 0.4) is 0 Å². The minimum absolute atomic E-state index is 0.0122. The molecule has 0 bridgehead atoms. The van der Waals surface area contributed by atoms with Crippen molar-refractivity contribution < 1.29 is 9.13 Å². The predicted octanol–water partition coefficient (Wildman–Crippen LogP) is 2.20. The van der Waals surface area contributed by atoms with Crippen LogP contribution in [0.25, 0.3) is 0 Å². The largest absolute Gasteiger partial charge is 0.476 e. The average Bonchev–Trinajstić information content (AvgIpc) is 2.14. The van der Waals surface area contributed by atoms with Gasteiger partial charge in [-0.1, -0.05) is 11.6 Å². The number of ether oxygens (including phenoxy) is 1. The van der Waals surface area contributed by atoms with Gasteiger partial charge in [-0.2, -0.15) is 0 Å². The third-order valence-electron chi connectivity index (χ3n) is 1.76. The number of nitrogens with zero attached hydrogens (tertiary/aromatic N) is 2. The molecule has 0 radical (unpaired) electrons. The molecular weight excluding hydrogens is 219 g/mol. The van der Waals surface area contributed by atoms with Crippen molar-refractivity contribution in [3.63, 3.8) is 0 Å². The second-order valence-electron chi connectivity index (χ2n) is 3.45. The molecule has 0 N–H and O–H groups in total. The summed E-state index contributed by atoms with van der Waals surface area (Å²) in [7, 11) is 3.95. The van der Waals surface area contributed by atoms with Crippen LogP contribution < -0.4 is 4.74 Å². The number of rotatable bonds is 5. The van der Waals surface area contributed by atoms with E-state index in [9.17, 15) is 4.39 Å². The molecule has 5 heteroatoms. The summed E-state index contributed by atoms with van der Waals surface area (Å²) < 4.78 is 18.3. The van der Waals surface area contributed by atoms with Gasteiger partial charge in [0.2, 0.25) is 5.88 Å². The minimum atomic E-state index is -0.521.